The Hall–Kier alpha value is -1.23. The number of thioether (sulfide) groups is 1. The minimum Gasteiger partial charge on any atom is -0.325 e. The van der Waals surface area contributed by atoms with Crippen molar-refractivity contribution in [3.8, 4) is 0 Å². The summed E-state index contributed by atoms with van der Waals surface area (Å²) < 4.78 is 13.5. The molecular weight excluding hydrogens is 239 g/mol. The number of carbonyl (C=O) groups is 1. The molecule has 3 nitrogen and oxygen atoms in total. The van der Waals surface area contributed by atoms with Crippen LogP contribution in [0.2, 0.25) is 0 Å². The smallest absolute Gasteiger partial charge is 0.321 e. The summed E-state index contributed by atoms with van der Waals surface area (Å²) >= 11 is 1.35. The van der Waals surface area contributed by atoms with Gasteiger partial charge in [0.25, 0.3) is 0 Å². The molecule has 0 aliphatic carbocycles. The molecule has 1 aromatic rings. The predicted octanol–water partition coefficient (Wildman–Crippen LogP) is 3.18. The van der Waals surface area contributed by atoms with Gasteiger partial charge in [-0.15, -0.1) is 11.8 Å². The van der Waals surface area contributed by atoms with Crippen molar-refractivity contribution in [3.05, 3.63) is 24.0 Å². The molecule has 1 aromatic carbocycles. The number of likely N-dealkylation sites (tertiary alicyclic amines) is 1. The van der Waals surface area contributed by atoms with Crippen LogP contribution in [-0.4, -0.2) is 30.3 Å². The number of benzene rings is 1. The van der Waals surface area contributed by atoms with Crippen LogP contribution in [0.4, 0.5) is 14.9 Å². The molecule has 2 amide bonds. The molecular formula is C12H15FN2OS. The monoisotopic (exact) mass is 254 g/mol. The number of amides is 2. The van der Waals surface area contributed by atoms with Gasteiger partial charge in [-0.3, -0.25) is 0 Å². The lowest BCUT2D eigenvalue weighted by Crippen LogP contribution is -2.32. The van der Waals surface area contributed by atoms with Gasteiger partial charge in [0.1, 0.15) is 5.82 Å². The summed E-state index contributed by atoms with van der Waals surface area (Å²) in [5.74, 6) is -0.295. The van der Waals surface area contributed by atoms with E-state index < -0.39 is 0 Å². The van der Waals surface area contributed by atoms with E-state index in [2.05, 4.69) is 5.32 Å². The fourth-order valence-corrected chi connectivity index (χ4v) is 2.32. The van der Waals surface area contributed by atoms with Crippen LogP contribution in [0, 0.1) is 5.82 Å². The van der Waals surface area contributed by atoms with Crippen LogP contribution < -0.4 is 5.32 Å². The number of anilines is 1. The molecule has 1 heterocycles. The summed E-state index contributed by atoms with van der Waals surface area (Å²) in [6.07, 6.45) is 3.92. The zero-order valence-corrected chi connectivity index (χ0v) is 10.5. The molecule has 1 saturated heterocycles. The van der Waals surface area contributed by atoms with Crippen molar-refractivity contribution >= 4 is 23.5 Å². The lowest BCUT2D eigenvalue weighted by molar-refractivity contribution is 0.222. The van der Waals surface area contributed by atoms with Gasteiger partial charge in [0.15, 0.2) is 0 Å². The zero-order chi connectivity index (χ0) is 12.3. The molecule has 0 radical (unpaired) electrons. The van der Waals surface area contributed by atoms with Crippen LogP contribution in [0.5, 0.6) is 0 Å². The van der Waals surface area contributed by atoms with Gasteiger partial charge in [-0.2, -0.15) is 0 Å². The number of hydrogen-bond donors (Lipinski definition) is 1. The maximum atomic E-state index is 13.5. The van der Waals surface area contributed by atoms with E-state index in [1.165, 1.54) is 17.8 Å². The Morgan fingerprint density at radius 2 is 2.12 bits per heavy atom. The SMILES string of the molecule is CSc1ccc(NC(=O)N2CCCC2)cc1F. The number of hydrogen-bond acceptors (Lipinski definition) is 2. The first-order valence-electron chi connectivity index (χ1n) is 5.60. The average molecular weight is 254 g/mol. The number of carbonyl (C=O) groups excluding carboxylic acids is 1. The van der Waals surface area contributed by atoms with Crippen LogP contribution in [0.15, 0.2) is 23.1 Å². The van der Waals surface area contributed by atoms with E-state index in [0.717, 1.165) is 25.9 Å². The van der Waals surface area contributed by atoms with Crippen LogP contribution in [0.25, 0.3) is 0 Å². The van der Waals surface area contributed by atoms with Gasteiger partial charge < -0.3 is 10.2 Å². The Morgan fingerprint density at radius 1 is 1.41 bits per heavy atom. The predicted molar refractivity (Wildman–Crippen MR) is 68.0 cm³/mol. The highest BCUT2D eigenvalue weighted by atomic mass is 32.2. The normalized spacial score (nSPS) is 15.1. The molecule has 0 aromatic heterocycles. The minimum absolute atomic E-state index is 0.140. The Kier molecular flexibility index (Phi) is 3.89. The molecule has 1 aliphatic rings. The van der Waals surface area contributed by atoms with Gasteiger partial charge in [0, 0.05) is 23.7 Å². The molecule has 1 N–H and O–H groups in total. The Labute approximate surface area is 104 Å². The second kappa shape index (κ2) is 5.40. The number of halogens is 1. The van der Waals surface area contributed by atoms with Crippen molar-refractivity contribution in [2.24, 2.45) is 0 Å². The second-order valence-corrected chi connectivity index (χ2v) is 4.82. The highest BCUT2D eigenvalue weighted by Gasteiger charge is 2.17. The molecule has 0 spiro atoms. The van der Waals surface area contributed by atoms with Crippen molar-refractivity contribution in [1.82, 2.24) is 4.90 Å². The zero-order valence-electron chi connectivity index (χ0n) is 9.70. The van der Waals surface area contributed by atoms with Gasteiger partial charge >= 0.3 is 6.03 Å². The average Bonchev–Trinajstić information content (AvgIpc) is 2.82. The lowest BCUT2D eigenvalue weighted by Gasteiger charge is -2.16. The molecule has 0 bridgehead atoms. The van der Waals surface area contributed by atoms with Gasteiger partial charge in [0.05, 0.1) is 0 Å². The van der Waals surface area contributed by atoms with Crippen LogP contribution >= 0.6 is 11.8 Å². The third-order valence-corrected chi connectivity index (χ3v) is 3.57. The molecule has 92 valence electrons. The van der Waals surface area contributed by atoms with Crippen molar-refractivity contribution in [2.75, 3.05) is 24.7 Å². The fourth-order valence-electron chi connectivity index (χ4n) is 1.87. The van der Waals surface area contributed by atoms with E-state index in [1.54, 1.807) is 17.0 Å². The number of nitrogens with one attached hydrogen (secondary N) is 1. The molecule has 0 saturated carbocycles. The molecule has 2 rings (SSSR count). The number of rotatable bonds is 2. The van der Waals surface area contributed by atoms with E-state index in [1.807, 2.05) is 6.26 Å². The molecule has 17 heavy (non-hydrogen) atoms. The second-order valence-electron chi connectivity index (χ2n) is 3.97. The molecule has 0 unspecified atom stereocenters. The maximum absolute atomic E-state index is 13.5. The van der Waals surface area contributed by atoms with E-state index in [0.29, 0.717) is 10.6 Å². The maximum Gasteiger partial charge on any atom is 0.321 e. The van der Waals surface area contributed by atoms with Crippen LogP contribution in [-0.2, 0) is 0 Å². The summed E-state index contributed by atoms with van der Waals surface area (Å²) in [4.78, 5) is 14.1. The van der Waals surface area contributed by atoms with Crippen molar-refractivity contribution in [2.45, 2.75) is 17.7 Å². The van der Waals surface area contributed by atoms with Gasteiger partial charge in [0.2, 0.25) is 0 Å². The van der Waals surface area contributed by atoms with Crippen LogP contribution in [0.3, 0.4) is 0 Å². The number of urea groups is 1. The summed E-state index contributed by atoms with van der Waals surface area (Å²) in [6.45, 7) is 1.58. The van der Waals surface area contributed by atoms with Crippen molar-refractivity contribution in [1.29, 1.82) is 0 Å². The van der Waals surface area contributed by atoms with E-state index in [9.17, 15) is 9.18 Å². The van der Waals surface area contributed by atoms with Crippen molar-refractivity contribution in [3.63, 3.8) is 0 Å². The Morgan fingerprint density at radius 3 is 2.71 bits per heavy atom. The molecule has 1 aliphatic heterocycles. The largest absolute Gasteiger partial charge is 0.325 e. The third kappa shape index (κ3) is 2.91. The van der Waals surface area contributed by atoms with Crippen LogP contribution in [0.1, 0.15) is 12.8 Å². The highest BCUT2D eigenvalue weighted by molar-refractivity contribution is 7.98. The standard InChI is InChI=1S/C12H15FN2OS/c1-17-11-5-4-9(8-10(11)13)14-12(16)15-6-2-3-7-15/h4-5,8H,2-3,6-7H2,1H3,(H,14,16). The minimum atomic E-state index is -0.295. The quantitative estimate of drug-likeness (QED) is 0.822. The topological polar surface area (TPSA) is 32.3 Å². The Bertz CT molecular complexity index is 419. The van der Waals surface area contributed by atoms with Crippen molar-refractivity contribution < 1.29 is 9.18 Å². The summed E-state index contributed by atoms with van der Waals surface area (Å²) in [6, 6.07) is 4.63. The lowest BCUT2D eigenvalue weighted by atomic mass is 10.3. The van der Waals surface area contributed by atoms with Gasteiger partial charge in [-0.05, 0) is 37.3 Å². The van der Waals surface area contributed by atoms with E-state index in [-0.39, 0.29) is 11.8 Å². The first kappa shape index (κ1) is 12.2. The molecule has 0 atom stereocenters. The first-order chi connectivity index (χ1) is 8.20. The third-order valence-electron chi connectivity index (χ3n) is 2.80. The highest BCUT2D eigenvalue weighted by Crippen LogP contribution is 2.22. The molecule has 5 heteroatoms. The summed E-state index contributed by atoms with van der Waals surface area (Å²) in [7, 11) is 0. The summed E-state index contributed by atoms with van der Waals surface area (Å²) in [5.41, 5.74) is 0.511. The number of nitrogens with zero attached hydrogens (tertiary/aromatic N) is 1. The Balaban J connectivity index is 2.03. The van der Waals surface area contributed by atoms with Gasteiger partial charge in [-0.25, -0.2) is 9.18 Å². The van der Waals surface area contributed by atoms with E-state index >= 15 is 0 Å². The van der Waals surface area contributed by atoms with Gasteiger partial charge in [-0.1, -0.05) is 0 Å². The molecule has 1 fully saturated rings. The fraction of sp³-hybridized carbons (Fsp3) is 0.417. The van der Waals surface area contributed by atoms with E-state index in [4.69, 9.17) is 0 Å². The first-order valence-corrected chi connectivity index (χ1v) is 6.82. The summed E-state index contributed by atoms with van der Waals surface area (Å²) in [5, 5.41) is 2.71.